The Labute approximate surface area is 176 Å². The van der Waals surface area contributed by atoms with Gasteiger partial charge in [-0.05, 0) is 48.7 Å². The molecule has 3 aromatic rings. The van der Waals surface area contributed by atoms with Crippen LogP contribution in [0.25, 0.3) is 33.9 Å². The predicted molar refractivity (Wildman–Crippen MR) is 120 cm³/mol. The van der Waals surface area contributed by atoms with Crippen LogP contribution in [0.15, 0.2) is 85.3 Å². The molecule has 0 spiro atoms. The number of benzene rings is 2. The van der Waals surface area contributed by atoms with Gasteiger partial charge in [0.1, 0.15) is 5.69 Å². The van der Waals surface area contributed by atoms with Crippen LogP contribution in [0.5, 0.6) is 0 Å². The van der Waals surface area contributed by atoms with Crippen molar-refractivity contribution in [3.05, 3.63) is 102 Å². The molecular weight excluding hydrogens is 368 g/mol. The summed E-state index contributed by atoms with van der Waals surface area (Å²) in [6, 6.07) is 23.1. The van der Waals surface area contributed by atoms with Gasteiger partial charge in [0.2, 0.25) is 0 Å². The first-order valence-electron chi connectivity index (χ1n) is 10.1. The van der Waals surface area contributed by atoms with Crippen molar-refractivity contribution in [3.8, 4) is 33.9 Å². The second-order valence-corrected chi connectivity index (χ2v) is 7.65. The summed E-state index contributed by atoms with van der Waals surface area (Å²) in [5, 5.41) is 0. The SMILES string of the molecule is Cc1ccc(-c2ccc(-c3nc4ccn(Cc5ccccn5)cc-4n3)c(C)c2)cc1. The van der Waals surface area contributed by atoms with Gasteiger partial charge in [0, 0.05) is 24.2 Å². The molecule has 2 aliphatic rings. The average molecular weight is 390 g/mol. The molecule has 0 radical (unpaired) electrons. The van der Waals surface area contributed by atoms with Crippen molar-refractivity contribution in [1.29, 1.82) is 0 Å². The summed E-state index contributed by atoms with van der Waals surface area (Å²) in [7, 11) is 0. The molecule has 1 aromatic heterocycles. The maximum absolute atomic E-state index is 4.81. The second-order valence-electron chi connectivity index (χ2n) is 7.65. The summed E-state index contributed by atoms with van der Waals surface area (Å²) in [5.74, 6) is 0.772. The smallest absolute Gasteiger partial charge is 0.160 e. The van der Waals surface area contributed by atoms with E-state index in [1.54, 1.807) is 0 Å². The van der Waals surface area contributed by atoms with E-state index in [-0.39, 0.29) is 0 Å². The highest BCUT2D eigenvalue weighted by Crippen LogP contribution is 2.30. The maximum Gasteiger partial charge on any atom is 0.160 e. The Kier molecular flexibility index (Phi) is 4.60. The van der Waals surface area contributed by atoms with Crippen LogP contribution in [0.4, 0.5) is 0 Å². The number of hydrogen-bond donors (Lipinski definition) is 0. The third-order valence-corrected chi connectivity index (χ3v) is 5.35. The highest BCUT2D eigenvalue weighted by atomic mass is 15.0. The molecule has 0 N–H and O–H groups in total. The summed E-state index contributed by atoms with van der Waals surface area (Å²) in [5.41, 5.74) is 8.76. The molecule has 3 heterocycles. The van der Waals surface area contributed by atoms with E-state index in [1.165, 1.54) is 22.3 Å². The standard InChI is InChI=1S/C26H22N4/c1-18-6-8-20(9-7-18)21-10-11-23(19(2)15-21)26-28-24-12-14-30(17-25(24)29-26)16-22-5-3-4-13-27-22/h3-15,17H,16H2,1-2H3. The monoisotopic (exact) mass is 390 g/mol. The Balaban J connectivity index is 1.46. The number of pyridine rings is 2. The first-order chi connectivity index (χ1) is 14.7. The van der Waals surface area contributed by atoms with Crippen LogP contribution in [0.2, 0.25) is 0 Å². The lowest BCUT2D eigenvalue weighted by atomic mass is 9.99. The molecule has 4 nitrogen and oxygen atoms in total. The average Bonchev–Trinajstić information content (AvgIpc) is 3.18. The van der Waals surface area contributed by atoms with Crippen molar-refractivity contribution in [2.75, 3.05) is 0 Å². The van der Waals surface area contributed by atoms with Crippen LogP contribution in [-0.2, 0) is 6.54 Å². The van der Waals surface area contributed by atoms with Crippen LogP contribution in [-0.4, -0.2) is 19.5 Å². The molecule has 0 bridgehead atoms. The Morgan fingerprint density at radius 3 is 2.37 bits per heavy atom. The molecule has 0 unspecified atom stereocenters. The van der Waals surface area contributed by atoms with Crippen molar-refractivity contribution < 1.29 is 0 Å². The van der Waals surface area contributed by atoms with Crippen molar-refractivity contribution >= 4 is 0 Å². The molecule has 0 fully saturated rings. The van der Waals surface area contributed by atoms with Gasteiger partial charge >= 0.3 is 0 Å². The van der Waals surface area contributed by atoms with Crippen LogP contribution in [0.1, 0.15) is 16.8 Å². The third kappa shape index (κ3) is 3.60. The maximum atomic E-state index is 4.81. The molecular formula is C26H22N4. The third-order valence-electron chi connectivity index (χ3n) is 5.35. The molecule has 2 aromatic carbocycles. The lowest BCUT2D eigenvalue weighted by molar-refractivity contribution is 0.766. The molecule has 30 heavy (non-hydrogen) atoms. The summed E-state index contributed by atoms with van der Waals surface area (Å²) < 4.78 is 2.09. The second kappa shape index (κ2) is 7.56. The van der Waals surface area contributed by atoms with Crippen molar-refractivity contribution in [1.82, 2.24) is 19.5 Å². The van der Waals surface area contributed by atoms with Crippen molar-refractivity contribution in [2.45, 2.75) is 20.4 Å². The van der Waals surface area contributed by atoms with Gasteiger partial charge in [-0.25, -0.2) is 9.97 Å². The largest absolute Gasteiger partial charge is 0.346 e. The summed E-state index contributed by atoms with van der Waals surface area (Å²) in [6.07, 6.45) is 5.89. The minimum Gasteiger partial charge on any atom is -0.346 e. The van der Waals surface area contributed by atoms with E-state index in [2.05, 4.69) is 65.9 Å². The first kappa shape index (κ1) is 18.3. The molecule has 0 saturated carbocycles. The van der Waals surface area contributed by atoms with Gasteiger partial charge in [-0.1, -0.05) is 54.1 Å². The molecule has 2 aliphatic heterocycles. The zero-order valence-corrected chi connectivity index (χ0v) is 17.1. The van der Waals surface area contributed by atoms with Gasteiger partial charge in [-0.15, -0.1) is 0 Å². The zero-order chi connectivity index (χ0) is 20.5. The van der Waals surface area contributed by atoms with E-state index in [0.717, 1.165) is 28.5 Å². The van der Waals surface area contributed by atoms with E-state index >= 15 is 0 Å². The van der Waals surface area contributed by atoms with E-state index in [9.17, 15) is 0 Å². The molecule has 0 atom stereocenters. The van der Waals surface area contributed by atoms with Gasteiger partial charge in [0.25, 0.3) is 0 Å². The van der Waals surface area contributed by atoms with Gasteiger partial charge in [-0.2, -0.15) is 0 Å². The van der Waals surface area contributed by atoms with Gasteiger partial charge in [0.05, 0.1) is 17.9 Å². The Morgan fingerprint density at radius 2 is 1.60 bits per heavy atom. The molecule has 0 aliphatic carbocycles. The first-order valence-corrected chi connectivity index (χ1v) is 10.1. The predicted octanol–water partition coefficient (Wildman–Crippen LogP) is 5.78. The van der Waals surface area contributed by atoms with Gasteiger partial charge in [0.15, 0.2) is 5.82 Å². The topological polar surface area (TPSA) is 43.6 Å². The minimum absolute atomic E-state index is 0.712. The van der Waals surface area contributed by atoms with E-state index in [4.69, 9.17) is 9.97 Å². The van der Waals surface area contributed by atoms with Crippen molar-refractivity contribution in [3.63, 3.8) is 0 Å². The highest BCUT2D eigenvalue weighted by molar-refractivity contribution is 5.73. The van der Waals surface area contributed by atoms with Crippen LogP contribution < -0.4 is 0 Å². The number of imidazole rings is 1. The summed E-state index contributed by atoms with van der Waals surface area (Å²) in [4.78, 5) is 14.0. The number of aryl methyl sites for hydroxylation is 2. The lowest BCUT2D eigenvalue weighted by Crippen LogP contribution is -2.02. The van der Waals surface area contributed by atoms with E-state index in [1.807, 2.05) is 42.9 Å². The van der Waals surface area contributed by atoms with Gasteiger partial charge in [-0.3, -0.25) is 4.98 Å². The Morgan fingerprint density at radius 1 is 0.800 bits per heavy atom. The molecule has 4 heteroatoms. The lowest BCUT2D eigenvalue weighted by Gasteiger charge is -2.07. The summed E-state index contributed by atoms with van der Waals surface area (Å²) in [6.45, 7) is 4.94. The fraction of sp³-hybridized carbons (Fsp3) is 0.115. The van der Waals surface area contributed by atoms with Crippen LogP contribution >= 0.6 is 0 Å². The number of fused-ring (bicyclic) bond motifs is 1. The van der Waals surface area contributed by atoms with Crippen LogP contribution in [0.3, 0.4) is 0 Å². The molecule has 0 saturated heterocycles. The molecule has 146 valence electrons. The number of aromatic nitrogens is 4. The fourth-order valence-electron chi connectivity index (χ4n) is 3.69. The Bertz CT molecular complexity index is 1270. The summed E-state index contributed by atoms with van der Waals surface area (Å²) >= 11 is 0. The van der Waals surface area contributed by atoms with E-state index in [0.29, 0.717) is 6.54 Å². The molecule has 5 rings (SSSR count). The zero-order valence-electron chi connectivity index (χ0n) is 17.1. The molecule has 0 amide bonds. The Hall–Kier alpha value is -3.79. The van der Waals surface area contributed by atoms with Crippen LogP contribution in [0, 0.1) is 13.8 Å². The van der Waals surface area contributed by atoms with E-state index < -0.39 is 0 Å². The number of nitrogens with zero attached hydrogens (tertiary/aromatic N) is 4. The fourth-order valence-corrected chi connectivity index (χ4v) is 3.69. The minimum atomic E-state index is 0.712. The normalized spacial score (nSPS) is 11.1. The number of rotatable bonds is 4. The van der Waals surface area contributed by atoms with Gasteiger partial charge < -0.3 is 4.57 Å². The highest BCUT2D eigenvalue weighted by Gasteiger charge is 2.15. The number of hydrogen-bond acceptors (Lipinski definition) is 3. The quantitative estimate of drug-likeness (QED) is 0.391. The van der Waals surface area contributed by atoms with Crippen molar-refractivity contribution in [2.24, 2.45) is 0 Å².